The second kappa shape index (κ2) is 9.64. The van der Waals surface area contributed by atoms with Crippen molar-refractivity contribution in [2.75, 3.05) is 0 Å². The van der Waals surface area contributed by atoms with Gasteiger partial charge >= 0.3 is 0 Å². The van der Waals surface area contributed by atoms with Gasteiger partial charge in [0, 0.05) is 0 Å². The van der Waals surface area contributed by atoms with Crippen LogP contribution < -0.4 is 0 Å². The highest BCUT2D eigenvalue weighted by Gasteiger charge is 2.22. The van der Waals surface area contributed by atoms with Gasteiger partial charge in [0.25, 0.3) is 0 Å². The third kappa shape index (κ3) is 5.08. The highest BCUT2D eigenvalue weighted by Crippen LogP contribution is 2.39. The second-order valence-electron chi connectivity index (χ2n) is 7.81. The summed E-state index contributed by atoms with van der Waals surface area (Å²) in [6.07, 6.45) is 9.59. The third-order valence-electron chi connectivity index (χ3n) is 5.94. The number of hydrogen-bond acceptors (Lipinski definition) is 2. The van der Waals surface area contributed by atoms with Gasteiger partial charge in [0.15, 0.2) is 0 Å². The lowest BCUT2D eigenvalue weighted by Gasteiger charge is -2.29. The molecule has 1 saturated carbocycles. The van der Waals surface area contributed by atoms with Crippen LogP contribution in [-0.2, 0) is 0 Å². The highest BCUT2D eigenvalue weighted by molar-refractivity contribution is 7.78. The van der Waals surface area contributed by atoms with Crippen molar-refractivity contribution in [1.82, 2.24) is 0 Å². The molecule has 0 N–H and O–H groups in total. The van der Waals surface area contributed by atoms with Crippen LogP contribution in [0.1, 0.15) is 68.9 Å². The van der Waals surface area contributed by atoms with Crippen molar-refractivity contribution in [3.63, 3.8) is 0 Å². The average Bonchev–Trinajstić information content (AvgIpc) is 2.69. The van der Waals surface area contributed by atoms with Crippen molar-refractivity contribution < 1.29 is 0 Å². The Balaban J connectivity index is 1.70. The van der Waals surface area contributed by atoms with Gasteiger partial charge in [-0.05, 0) is 91.0 Å². The minimum absolute atomic E-state index is 0.622. The van der Waals surface area contributed by atoms with Gasteiger partial charge < -0.3 is 0 Å². The fourth-order valence-electron chi connectivity index (χ4n) is 4.32. The van der Waals surface area contributed by atoms with Crippen LogP contribution >= 0.6 is 23.8 Å². The maximum absolute atomic E-state index is 6.39. The van der Waals surface area contributed by atoms with Crippen molar-refractivity contribution >= 4 is 34.7 Å². The lowest BCUT2D eigenvalue weighted by molar-refractivity contribution is 0.304. The van der Waals surface area contributed by atoms with Crippen molar-refractivity contribution in [2.24, 2.45) is 10.9 Å². The maximum Gasteiger partial charge on any atom is 0.0955 e. The van der Waals surface area contributed by atoms with E-state index in [2.05, 4.69) is 47.4 Å². The molecule has 0 heterocycles. The molecule has 142 valence electrons. The summed E-state index contributed by atoms with van der Waals surface area (Å²) in [7, 11) is 0. The van der Waals surface area contributed by atoms with E-state index in [-0.39, 0.29) is 0 Å². The van der Waals surface area contributed by atoms with Gasteiger partial charge in [-0.1, -0.05) is 62.1 Å². The van der Waals surface area contributed by atoms with Gasteiger partial charge in [-0.15, -0.1) is 0 Å². The van der Waals surface area contributed by atoms with Crippen molar-refractivity contribution in [2.45, 2.75) is 64.7 Å². The molecule has 3 rings (SSSR count). The predicted octanol–water partition coefficient (Wildman–Crippen LogP) is 8.51. The summed E-state index contributed by atoms with van der Waals surface area (Å²) in [6, 6.07) is 13.1. The van der Waals surface area contributed by atoms with Crippen LogP contribution in [-0.4, -0.2) is 5.16 Å². The summed E-state index contributed by atoms with van der Waals surface area (Å²) >= 11 is 11.1. The fraction of sp³-hybridized carbons (Fsp3) is 0.458. The first kappa shape index (κ1) is 20.3. The van der Waals surface area contributed by atoms with Gasteiger partial charge in [-0.25, -0.2) is 0 Å². The molecule has 2 aromatic carbocycles. The molecule has 1 nitrogen and oxygen atoms in total. The fourth-order valence-corrected chi connectivity index (χ4v) is 4.72. The van der Waals surface area contributed by atoms with Crippen LogP contribution in [0.2, 0.25) is 5.02 Å². The lowest BCUT2D eigenvalue weighted by atomic mass is 9.77. The maximum atomic E-state index is 6.39. The number of rotatable bonds is 6. The largest absolute Gasteiger partial charge is 0.193 e. The summed E-state index contributed by atoms with van der Waals surface area (Å²) in [5, 5.41) is 3.03. The molecule has 0 radical (unpaired) electrons. The van der Waals surface area contributed by atoms with E-state index in [9.17, 15) is 0 Å². The number of halogens is 1. The summed E-state index contributed by atoms with van der Waals surface area (Å²) in [5.41, 5.74) is 5.53. The second-order valence-corrected chi connectivity index (χ2v) is 8.40. The molecule has 0 spiro atoms. The van der Waals surface area contributed by atoms with Gasteiger partial charge in [0.2, 0.25) is 0 Å². The van der Waals surface area contributed by atoms with E-state index in [0.717, 1.165) is 23.0 Å². The molecule has 0 saturated heterocycles. The smallest absolute Gasteiger partial charge is 0.0955 e. The number of aryl methyl sites for hydroxylation is 1. The standard InChI is InChI=1S/C24H28ClNS/c1-3-4-5-18-6-8-19(9-7-18)20-10-12-21(13-11-20)22-14-17(2)24(26-16-27)23(25)15-22/h10-15,18-19H,3-9H2,1-2H3. The van der Waals surface area contributed by atoms with Gasteiger partial charge in [0.1, 0.15) is 0 Å². The predicted molar refractivity (Wildman–Crippen MR) is 121 cm³/mol. The first-order chi connectivity index (χ1) is 13.1. The number of isothiocyanates is 1. The van der Waals surface area contributed by atoms with Crippen molar-refractivity contribution in [3.8, 4) is 11.1 Å². The molecule has 1 aliphatic rings. The van der Waals surface area contributed by atoms with Gasteiger partial charge in [0.05, 0.1) is 15.9 Å². The number of unbranched alkanes of at least 4 members (excludes halogenated alkanes) is 1. The van der Waals surface area contributed by atoms with Crippen molar-refractivity contribution in [1.29, 1.82) is 0 Å². The Kier molecular flexibility index (Phi) is 7.24. The summed E-state index contributed by atoms with van der Waals surface area (Å²) in [6.45, 7) is 4.30. The molecule has 0 aliphatic heterocycles. The number of benzene rings is 2. The highest BCUT2D eigenvalue weighted by atomic mass is 35.5. The summed E-state index contributed by atoms with van der Waals surface area (Å²) in [4.78, 5) is 4.07. The van der Waals surface area contributed by atoms with E-state index in [1.54, 1.807) is 0 Å². The molecule has 3 heteroatoms. The van der Waals surface area contributed by atoms with E-state index in [0.29, 0.717) is 10.7 Å². The molecule has 0 atom stereocenters. The molecule has 1 fully saturated rings. The normalized spacial score (nSPS) is 19.5. The number of hydrogen-bond donors (Lipinski definition) is 0. The lowest BCUT2D eigenvalue weighted by Crippen LogP contribution is -2.13. The molecule has 0 aromatic heterocycles. The first-order valence-corrected chi connectivity index (χ1v) is 10.9. The number of thiocarbonyl (C=S) groups is 1. The van der Waals surface area contributed by atoms with Crippen LogP contribution in [0, 0.1) is 12.8 Å². The minimum Gasteiger partial charge on any atom is -0.193 e. The third-order valence-corrected chi connectivity index (χ3v) is 6.32. The van der Waals surface area contributed by atoms with E-state index in [1.807, 2.05) is 13.0 Å². The topological polar surface area (TPSA) is 12.4 Å². The van der Waals surface area contributed by atoms with Crippen LogP contribution in [0.3, 0.4) is 0 Å². The SMILES string of the molecule is CCCCC1CCC(c2ccc(-c3cc(C)c(N=C=S)c(Cl)c3)cc2)CC1. The Morgan fingerprint density at radius 2 is 1.78 bits per heavy atom. The van der Waals surface area contributed by atoms with Crippen LogP contribution in [0.5, 0.6) is 0 Å². The zero-order chi connectivity index (χ0) is 19.2. The van der Waals surface area contributed by atoms with E-state index in [1.165, 1.54) is 56.1 Å². The van der Waals surface area contributed by atoms with E-state index >= 15 is 0 Å². The van der Waals surface area contributed by atoms with Crippen LogP contribution in [0.4, 0.5) is 5.69 Å². The van der Waals surface area contributed by atoms with Gasteiger partial charge in [-0.3, -0.25) is 0 Å². The molecular weight excluding hydrogens is 370 g/mol. The van der Waals surface area contributed by atoms with Crippen LogP contribution in [0.15, 0.2) is 41.4 Å². The molecule has 1 aliphatic carbocycles. The molecular formula is C24H28ClNS. The monoisotopic (exact) mass is 397 g/mol. The van der Waals surface area contributed by atoms with Crippen LogP contribution in [0.25, 0.3) is 11.1 Å². The Morgan fingerprint density at radius 3 is 2.37 bits per heavy atom. The Morgan fingerprint density at radius 1 is 1.07 bits per heavy atom. The molecule has 0 amide bonds. The molecule has 0 unspecified atom stereocenters. The Labute approximate surface area is 173 Å². The Bertz CT molecular complexity index is 790. The van der Waals surface area contributed by atoms with E-state index < -0.39 is 0 Å². The minimum atomic E-state index is 0.622. The summed E-state index contributed by atoms with van der Waals surface area (Å²) in [5.74, 6) is 1.68. The Hall–Kier alpha value is -1.47. The van der Waals surface area contributed by atoms with E-state index in [4.69, 9.17) is 23.8 Å². The number of aliphatic imine (C=N–C) groups is 1. The molecule has 2 aromatic rings. The van der Waals surface area contributed by atoms with Crippen molar-refractivity contribution in [3.05, 3.63) is 52.5 Å². The average molecular weight is 398 g/mol. The molecule has 0 bridgehead atoms. The molecule has 27 heavy (non-hydrogen) atoms. The summed E-state index contributed by atoms with van der Waals surface area (Å²) < 4.78 is 0. The van der Waals surface area contributed by atoms with Gasteiger partial charge in [-0.2, -0.15) is 4.99 Å². The zero-order valence-electron chi connectivity index (χ0n) is 16.3. The number of nitrogens with zero attached hydrogens (tertiary/aromatic N) is 1. The zero-order valence-corrected chi connectivity index (χ0v) is 17.9. The quantitative estimate of drug-likeness (QED) is 0.351. The first-order valence-electron chi connectivity index (χ1n) is 10.1.